The fourth-order valence-corrected chi connectivity index (χ4v) is 2.11. The molecule has 0 heterocycles. The van der Waals surface area contributed by atoms with Gasteiger partial charge in [0.15, 0.2) is 0 Å². The quantitative estimate of drug-likeness (QED) is 0.650. The van der Waals surface area contributed by atoms with Crippen molar-refractivity contribution in [3.8, 4) is 11.1 Å². The second-order valence-corrected chi connectivity index (χ2v) is 4.49. The van der Waals surface area contributed by atoms with Crippen LogP contribution in [0.1, 0.15) is 10.4 Å². The number of hydrogen-bond donors (Lipinski definition) is 2. The lowest BCUT2D eigenvalue weighted by atomic mass is 10.0. The normalized spacial score (nSPS) is 10.2. The summed E-state index contributed by atoms with van der Waals surface area (Å²) in [5.74, 6) is -0.552. The van der Waals surface area contributed by atoms with Crippen LogP contribution in [0.15, 0.2) is 42.5 Å². The lowest BCUT2D eigenvalue weighted by Gasteiger charge is -2.06. The van der Waals surface area contributed by atoms with Gasteiger partial charge in [-0.2, -0.15) is 0 Å². The van der Waals surface area contributed by atoms with E-state index >= 15 is 0 Å². The first-order valence-electron chi connectivity index (χ1n) is 5.12. The minimum atomic E-state index is -0.552. The van der Waals surface area contributed by atoms with Crippen molar-refractivity contribution in [2.24, 2.45) is 0 Å². The Morgan fingerprint density at radius 2 is 1.72 bits per heavy atom. The van der Waals surface area contributed by atoms with Gasteiger partial charge in [-0.25, -0.2) is 5.48 Å². The summed E-state index contributed by atoms with van der Waals surface area (Å²) in [5, 5.41) is 9.63. The summed E-state index contributed by atoms with van der Waals surface area (Å²) in [6.07, 6.45) is 0. The minimum Gasteiger partial charge on any atom is -0.288 e. The molecular formula is C13H9Cl2NO2. The fourth-order valence-electron chi connectivity index (χ4n) is 1.59. The molecule has 0 aliphatic heterocycles. The average Bonchev–Trinajstić information content (AvgIpc) is 2.38. The van der Waals surface area contributed by atoms with Gasteiger partial charge in [0, 0.05) is 21.2 Å². The van der Waals surface area contributed by atoms with Crippen LogP contribution >= 0.6 is 23.2 Å². The number of carbonyl (C=O) groups is 1. The average molecular weight is 282 g/mol. The van der Waals surface area contributed by atoms with Crippen LogP contribution in [0.2, 0.25) is 10.0 Å². The first-order chi connectivity index (χ1) is 8.61. The standard InChI is InChI=1S/C13H9Cl2NO2/c14-10-5-6-11(12(15)7-10)8-1-3-9(4-2-8)13(17)16-18/h1-7,18H,(H,16,17). The smallest absolute Gasteiger partial charge is 0.274 e. The number of hydroxylamine groups is 1. The maximum absolute atomic E-state index is 11.2. The van der Waals surface area contributed by atoms with Crippen molar-refractivity contribution >= 4 is 29.1 Å². The maximum Gasteiger partial charge on any atom is 0.274 e. The fraction of sp³-hybridized carbons (Fsp3) is 0. The number of hydrogen-bond acceptors (Lipinski definition) is 2. The van der Waals surface area contributed by atoms with Gasteiger partial charge in [0.2, 0.25) is 0 Å². The third-order valence-corrected chi connectivity index (χ3v) is 3.04. The molecule has 3 nitrogen and oxygen atoms in total. The lowest BCUT2D eigenvalue weighted by molar-refractivity contribution is 0.0706. The molecule has 0 fully saturated rings. The Labute approximate surface area is 114 Å². The first kappa shape index (κ1) is 12.9. The summed E-state index contributed by atoms with van der Waals surface area (Å²) < 4.78 is 0. The van der Waals surface area contributed by atoms with E-state index in [9.17, 15) is 4.79 Å². The molecule has 2 aromatic carbocycles. The molecule has 0 aliphatic carbocycles. The Morgan fingerprint density at radius 1 is 1.06 bits per heavy atom. The SMILES string of the molecule is O=C(NO)c1ccc(-c2ccc(Cl)cc2Cl)cc1. The van der Waals surface area contributed by atoms with Gasteiger partial charge in [-0.3, -0.25) is 10.0 Å². The Balaban J connectivity index is 2.37. The number of carbonyl (C=O) groups excluding carboxylic acids is 1. The van der Waals surface area contributed by atoms with Gasteiger partial charge in [0.1, 0.15) is 0 Å². The number of nitrogens with one attached hydrogen (secondary N) is 1. The molecule has 2 rings (SSSR count). The van der Waals surface area contributed by atoms with Gasteiger partial charge in [-0.1, -0.05) is 41.4 Å². The van der Waals surface area contributed by atoms with Gasteiger partial charge >= 0.3 is 0 Å². The van der Waals surface area contributed by atoms with Crippen molar-refractivity contribution < 1.29 is 10.0 Å². The lowest BCUT2D eigenvalue weighted by Crippen LogP contribution is -2.18. The van der Waals surface area contributed by atoms with Crippen molar-refractivity contribution in [2.75, 3.05) is 0 Å². The highest BCUT2D eigenvalue weighted by Crippen LogP contribution is 2.30. The van der Waals surface area contributed by atoms with Crippen molar-refractivity contribution in [1.82, 2.24) is 5.48 Å². The van der Waals surface area contributed by atoms with E-state index in [0.29, 0.717) is 15.6 Å². The third kappa shape index (κ3) is 2.64. The van der Waals surface area contributed by atoms with Crippen LogP contribution in [0.5, 0.6) is 0 Å². The molecule has 18 heavy (non-hydrogen) atoms. The number of rotatable bonds is 2. The molecule has 1 amide bonds. The van der Waals surface area contributed by atoms with E-state index in [1.807, 2.05) is 6.07 Å². The van der Waals surface area contributed by atoms with Crippen LogP contribution in [0, 0.1) is 0 Å². The predicted molar refractivity (Wildman–Crippen MR) is 71.2 cm³/mol. The van der Waals surface area contributed by atoms with Gasteiger partial charge < -0.3 is 0 Å². The molecular weight excluding hydrogens is 273 g/mol. The second kappa shape index (κ2) is 5.40. The van der Waals surface area contributed by atoms with Gasteiger partial charge in [-0.05, 0) is 29.8 Å². The van der Waals surface area contributed by atoms with Crippen molar-refractivity contribution in [3.05, 3.63) is 58.1 Å². The Morgan fingerprint density at radius 3 is 2.28 bits per heavy atom. The van der Waals surface area contributed by atoms with Crippen molar-refractivity contribution in [3.63, 3.8) is 0 Å². The van der Waals surface area contributed by atoms with E-state index in [1.165, 1.54) is 0 Å². The molecule has 0 saturated carbocycles. The third-order valence-electron chi connectivity index (χ3n) is 2.49. The number of halogens is 2. The van der Waals surface area contributed by atoms with Crippen LogP contribution < -0.4 is 5.48 Å². The molecule has 0 bridgehead atoms. The highest BCUT2D eigenvalue weighted by Gasteiger charge is 2.07. The van der Waals surface area contributed by atoms with E-state index in [2.05, 4.69) is 0 Å². The molecule has 0 aromatic heterocycles. The number of amides is 1. The summed E-state index contributed by atoms with van der Waals surface area (Å²) in [6, 6.07) is 11.9. The molecule has 92 valence electrons. The second-order valence-electron chi connectivity index (χ2n) is 3.64. The largest absolute Gasteiger partial charge is 0.288 e. The van der Waals surface area contributed by atoms with E-state index < -0.39 is 5.91 Å². The topological polar surface area (TPSA) is 49.3 Å². The van der Waals surface area contributed by atoms with Crippen LogP contribution in [-0.4, -0.2) is 11.1 Å². The van der Waals surface area contributed by atoms with E-state index in [0.717, 1.165) is 11.1 Å². The molecule has 0 radical (unpaired) electrons. The monoisotopic (exact) mass is 281 g/mol. The zero-order chi connectivity index (χ0) is 13.1. The summed E-state index contributed by atoms with van der Waals surface area (Å²) in [5.41, 5.74) is 3.64. The van der Waals surface area contributed by atoms with Crippen LogP contribution in [0.3, 0.4) is 0 Å². The Bertz CT molecular complexity index is 582. The van der Waals surface area contributed by atoms with E-state index in [-0.39, 0.29) is 0 Å². The zero-order valence-corrected chi connectivity index (χ0v) is 10.7. The van der Waals surface area contributed by atoms with E-state index in [1.54, 1.807) is 41.9 Å². The molecule has 0 spiro atoms. The number of benzene rings is 2. The molecule has 5 heteroatoms. The summed E-state index contributed by atoms with van der Waals surface area (Å²) in [7, 11) is 0. The van der Waals surface area contributed by atoms with Gasteiger partial charge in [-0.15, -0.1) is 0 Å². The molecule has 0 unspecified atom stereocenters. The highest BCUT2D eigenvalue weighted by atomic mass is 35.5. The minimum absolute atomic E-state index is 0.367. The van der Waals surface area contributed by atoms with Gasteiger partial charge in [0.25, 0.3) is 5.91 Å². The van der Waals surface area contributed by atoms with Crippen molar-refractivity contribution in [1.29, 1.82) is 0 Å². The first-order valence-corrected chi connectivity index (χ1v) is 5.87. The van der Waals surface area contributed by atoms with Gasteiger partial charge in [0.05, 0.1) is 0 Å². The molecule has 0 aliphatic rings. The Kier molecular flexibility index (Phi) is 3.87. The maximum atomic E-state index is 11.2. The summed E-state index contributed by atoms with van der Waals surface area (Å²) in [6.45, 7) is 0. The van der Waals surface area contributed by atoms with Crippen molar-refractivity contribution in [2.45, 2.75) is 0 Å². The molecule has 2 N–H and O–H groups in total. The summed E-state index contributed by atoms with van der Waals surface area (Å²) in [4.78, 5) is 11.2. The predicted octanol–water partition coefficient (Wildman–Crippen LogP) is 3.78. The molecule has 0 atom stereocenters. The van der Waals surface area contributed by atoms with Crippen LogP contribution in [0.4, 0.5) is 0 Å². The van der Waals surface area contributed by atoms with Crippen LogP contribution in [0.25, 0.3) is 11.1 Å². The highest BCUT2D eigenvalue weighted by molar-refractivity contribution is 6.36. The molecule has 0 saturated heterocycles. The zero-order valence-electron chi connectivity index (χ0n) is 9.15. The Hall–Kier alpha value is -1.55. The van der Waals surface area contributed by atoms with E-state index in [4.69, 9.17) is 28.4 Å². The van der Waals surface area contributed by atoms with Crippen LogP contribution in [-0.2, 0) is 0 Å². The molecule has 2 aromatic rings. The summed E-state index contributed by atoms with van der Waals surface area (Å²) >= 11 is 11.9.